The van der Waals surface area contributed by atoms with Crippen molar-refractivity contribution >= 4 is 60.6 Å². The Balaban J connectivity index is 0.00000348. The minimum Gasteiger partial charge on any atom is -0.476 e. The van der Waals surface area contributed by atoms with Crippen LogP contribution in [0, 0.1) is 12.1 Å². The zero-order valence-electron chi connectivity index (χ0n) is 27.9. The predicted octanol–water partition coefficient (Wildman–Crippen LogP) is 10.6. The minimum absolute atomic E-state index is 0. The number of ether oxygens (including phenoxy) is 1. The molecule has 7 nitrogen and oxygen atoms in total. The van der Waals surface area contributed by atoms with Crippen LogP contribution in [0.4, 0.5) is 0 Å². The third-order valence-corrected chi connectivity index (χ3v) is 9.45. The first-order chi connectivity index (χ1) is 24.4. The van der Waals surface area contributed by atoms with Gasteiger partial charge >= 0.3 is 21.1 Å². The normalized spacial score (nSPS) is 12.1. The third-order valence-electron chi connectivity index (χ3n) is 9.45. The molecule has 0 bridgehead atoms. The molecule has 0 spiro atoms. The van der Waals surface area contributed by atoms with Gasteiger partial charge in [0.25, 0.3) is 0 Å². The Hall–Kier alpha value is -5.78. The SMILES string of the molecule is CC(C)(C)c1c[c-]c(-n2c3ccccc3c3ccc(Oc4[c-]c(-c5ccccn5)c5c(c4)oc4ccn6c7ccccc7nc6c45)nc32)cc1.[Pt+2]. The molecule has 10 rings (SSSR count). The maximum atomic E-state index is 6.54. The molecular formula is C43H29N5O2Pt. The number of aromatic nitrogens is 5. The van der Waals surface area contributed by atoms with Crippen molar-refractivity contribution in [2.45, 2.75) is 26.2 Å². The monoisotopic (exact) mass is 842 g/mol. The molecule has 0 fully saturated rings. The van der Waals surface area contributed by atoms with E-state index in [9.17, 15) is 0 Å². The fraction of sp³-hybridized carbons (Fsp3) is 0.0930. The predicted molar refractivity (Wildman–Crippen MR) is 198 cm³/mol. The van der Waals surface area contributed by atoms with Gasteiger partial charge in [-0.15, -0.1) is 11.6 Å². The van der Waals surface area contributed by atoms with Gasteiger partial charge in [0, 0.05) is 34.6 Å². The molecule has 0 radical (unpaired) electrons. The van der Waals surface area contributed by atoms with Gasteiger partial charge in [0.15, 0.2) is 0 Å². The van der Waals surface area contributed by atoms with E-state index in [0.29, 0.717) is 17.2 Å². The van der Waals surface area contributed by atoms with Crippen molar-refractivity contribution in [1.29, 1.82) is 0 Å². The van der Waals surface area contributed by atoms with Crippen molar-refractivity contribution in [3.63, 3.8) is 0 Å². The third kappa shape index (κ3) is 4.95. The van der Waals surface area contributed by atoms with Crippen LogP contribution in [0.3, 0.4) is 0 Å². The number of fused-ring (bicyclic) bond motifs is 10. The molecular weight excluding hydrogens is 814 g/mol. The summed E-state index contributed by atoms with van der Waals surface area (Å²) in [4.78, 5) is 14.8. The molecule has 4 aromatic carbocycles. The molecule has 0 saturated carbocycles. The topological polar surface area (TPSA) is 70.4 Å². The average molecular weight is 843 g/mol. The number of rotatable bonds is 4. The van der Waals surface area contributed by atoms with Crippen LogP contribution in [0.2, 0.25) is 0 Å². The van der Waals surface area contributed by atoms with Crippen molar-refractivity contribution in [3.8, 4) is 28.6 Å². The van der Waals surface area contributed by atoms with Crippen molar-refractivity contribution in [3.05, 3.63) is 139 Å². The maximum absolute atomic E-state index is 6.54. The molecule has 6 aromatic heterocycles. The first kappa shape index (κ1) is 31.2. The fourth-order valence-corrected chi connectivity index (χ4v) is 7.03. The summed E-state index contributed by atoms with van der Waals surface area (Å²) >= 11 is 0. The second-order valence-corrected chi connectivity index (χ2v) is 13.6. The molecule has 0 aliphatic carbocycles. The van der Waals surface area contributed by atoms with Crippen molar-refractivity contribution in [2.24, 2.45) is 0 Å². The molecule has 0 N–H and O–H groups in total. The molecule has 0 atom stereocenters. The van der Waals surface area contributed by atoms with E-state index >= 15 is 0 Å². The summed E-state index contributed by atoms with van der Waals surface area (Å²) in [6.45, 7) is 6.63. The Labute approximate surface area is 307 Å². The van der Waals surface area contributed by atoms with Crippen molar-refractivity contribution in [1.82, 2.24) is 23.9 Å². The van der Waals surface area contributed by atoms with Gasteiger partial charge in [0.2, 0.25) is 5.88 Å². The van der Waals surface area contributed by atoms with E-state index in [4.69, 9.17) is 24.1 Å². The van der Waals surface area contributed by atoms with Crippen molar-refractivity contribution in [2.75, 3.05) is 0 Å². The van der Waals surface area contributed by atoms with Gasteiger partial charge in [-0.1, -0.05) is 86.5 Å². The van der Waals surface area contributed by atoms with Crippen molar-refractivity contribution < 1.29 is 30.2 Å². The van der Waals surface area contributed by atoms with Crippen LogP contribution in [-0.2, 0) is 26.5 Å². The van der Waals surface area contributed by atoms with Crippen LogP contribution in [0.15, 0.2) is 126 Å². The molecule has 0 saturated heterocycles. The summed E-state index contributed by atoms with van der Waals surface area (Å²) in [6, 6.07) is 43.6. The Kier molecular flexibility index (Phi) is 7.13. The van der Waals surface area contributed by atoms with E-state index in [0.717, 1.165) is 71.9 Å². The van der Waals surface area contributed by atoms with Gasteiger partial charge in [-0.3, -0.25) is 4.40 Å². The second kappa shape index (κ2) is 11.6. The molecule has 0 unspecified atom stereocenters. The average Bonchev–Trinajstić information content (AvgIpc) is 3.80. The van der Waals surface area contributed by atoms with Gasteiger partial charge in [-0.2, -0.15) is 28.7 Å². The van der Waals surface area contributed by atoms with Gasteiger partial charge < -0.3 is 18.7 Å². The van der Waals surface area contributed by atoms with E-state index in [-0.39, 0.29) is 26.5 Å². The molecule has 51 heavy (non-hydrogen) atoms. The zero-order chi connectivity index (χ0) is 33.6. The van der Waals surface area contributed by atoms with Crippen LogP contribution in [0.1, 0.15) is 26.3 Å². The largest absolute Gasteiger partial charge is 2.00 e. The first-order valence-corrected chi connectivity index (χ1v) is 16.6. The smallest absolute Gasteiger partial charge is 0.476 e. The van der Waals surface area contributed by atoms with Gasteiger partial charge in [-0.25, -0.2) is 4.98 Å². The Bertz CT molecular complexity index is 2940. The number of hydrogen-bond donors (Lipinski definition) is 0. The molecule has 0 aliphatic heterocycles. The van der Waals surface area contributed by atoms with E-state index < -0.39 is 0 Å². The van der Waals surface area contributed by atoms with Crippen LogP contribution in [0.25, 0.3) is 77.5 Å². The number of pyridine rings is 3. The Morgan fingerprint density at radius 3 is 2.37 bits per heavy atom. The summed E-state index contributed by atoms with van der Waals surface area (Å²) < 4.78 is 17.3. The molecule has 10 aromatic rings. The Morgan fingerprint density at radius 2 is 1.57 bits per heavy atom. The molecule has 0 amide bonds. The number of nitrogens with zero attached hydrogens (tertiary/aromatic N) is 5. The second-order valence-electron chi connectivity index (χ2n) is 13.6. The van der Waals surface area contributed by atoms with Crippen LogP contribution in [0.5, 0.6) is 11.6 Å². The quantitative estimate of drug-likeness (QED) is 0.165. The summed E-state index contributed by atoms with van der Waals surface area (Å²) in [6.07, 6.45) is 3.78. The number of furan rings is 1. The van der Waals surface area contributed by atoms with E-state index in [1.807, 2.05) is 60.8 Å². The summed E-state index contributed by atoms with van der Waals surface area (Å²) in [7, 11) is 0. The first-order valence-electron chi connectivity index (χ1n) is 16.6. The van der Waals surface area contributed by atoms with Gasteiger partial charge in [0.1, 0.15) is 16.9 Å². The summed E-state index contributed by atoms with van der Waals surface area (Å²) in [5.74, 6) is 0.908. The molecule has 248 valence electrons. The molecule has 0 aliphatic rings. The van der Waals surface area contributed by atoms with E-state index in [1.165, 1.54) is 5.56 Å². The number of benzene rings is 4. The van der Waals surface area contributed by atoms with E-state index in [2.05, 4.69) is 96.5 Å². The number of imidazole rings is 1. The maximum Gasteiger partial charge on any atom is 2.00 e. The molecule has 8 heteroatoms. The van der Waals surface area contributed by atoms with Crippen LogP contribution < -0.4 is 4.74 Å². The minimum atomic E-state index is 0. The number of hydrogen-bond acceptors (Lipinski definition) is 5. The number of para-hydroxylation sites is 3. The Morgan fingerprint density at radius 1 is 0.745 bits per heavy atom. The van der Waals surface area contributed by atoms with Crippen LogP contribution in [-0.4, -0.2) is 23.9 Å². The zero-order valence-corrected chi connectivity index (χ0v) is 30.2. The summed E-state index contributed by atoms with van der Waals surface area (Å²) in [5.41, 5.74) is 9.66. The van der Waals surface area contributed by atoms with Gasteiger partial charge in [-0.05, 0) is 47.5 Å². The fourth-order valence-electron chi connectivity index (χ4n) is 7.03. The van der Waals surface area contributed by atoms with Gasteiger partial charge in [0.05, 0.1) is 27.9 Å². The summed E-state index contributed by atoms with van der Waals surface area (Å²) in [5, 5.41) is 3.92. The van der Waals surface area contributed by atoms with Crippen LogP contribution >= 0.6 is 0 Å². The van der Waals surface area contributed by atoms with E-state index in [1.54, 1.807) is 6.20 Å². The standard InChI is InChI=1S/C43H29N5O2.Pt/c1-43(2,3)26-15-17-27(18-16-26)48-34-13-6-4-10-29(34)30-19-20-38(46-41(30)48)49-28-24-31(32-11-8-9-22-44-32)39-37(25-28)50-36-21-23-47-35-14-7-5-12-33(35)45-42(47)40(36)39;/h4-17,19-23,25H,1-3H3;/q-2;+2. The molecule has 6 heterocycles.